The summed E-state index contributed by atoms with van der Waals surface area (Å²) in [6.07, 6.45) is 4.71. The number of carbonyl (C=O) groups excluding carboxylic acids is 3. The molecule has 3 aliphatic heterocycles. The van der Waals surface area contributed by atoms with Gasteiger partial charge in [0.25, 0.3) is 5.91 Å². The molecule has 36 heavy (non-hydrogen) atoms. The van der Waals surface area contributed by atoms with Crippen LogP contribution >= 0.6 is 11.6 Å². The predicted octanol–water partition coefficient (Wildman–Crippen LogP) is 3.12. The highest BCUT2D eigenvalue weighted by molar-refractivity contribution is 6.30. The fourth-order valence-corrected chi connectivity index (χ4v) is 6.13. The molecule has 1 spiro atoms. The molecule has 3 heterocycles. The summed E-state index contributed by atoms with van der Waals surface area (Å²) in [5.41, 5.74) is -0.573. The van der Waals surface area contributed by atoms with Crippen molar-refractivity contribution >= 4 is 35.1 Å². The van der Waals surface area contributed by atoms with Gasteiger partial charge in [-0.3, -0.25) is 14.4 Å². The van der Waals surface area contributed by atoms with Crippen molar-refractivity contribution < 1.29 is 29.0 Å². The molecule has 4 rings (SSSR count). The van der Waals surface area contributed by atoms with Gasteiger partial charge in [0.1, 0.15) is 11.6 Å². The van der Waals surface area contributed by atoms with E-state index in [1.54, 1.807) is 41.3 Å². The average Bonchev–Trinajstić information content (AvgIpc) is 3.52. The fraction of sp³-hybridized carbons (Fsp3) is 0.519. The molecule has 0 aromatic heterocycles. The maximum Gasteiger partial charge on any atom is 0.312 e. The zero-order valence-corrected chi connectivity index (χ0v) is 21.2. The molecule has 3 fully saturated rings. The molecule has 0 aliphatic carbocycles. The Morgan fingerprint density at radius 2 is 2.06 bits per heavy atom. The topological polar surface area (TPSA) is 96.4 Å². The van der Waals surface area contributed by atoms with Gasteiger partial charge in [-0.05, 0) is 49.9 Å². The highest BCUT2D eigenvalue weighted by atomic mass is 35.5. The molecule has 2 bridgehead atoms. The van der Waals surface area contributed by atoms with Crippen LogP contribution in [0.5, 0.6) is 0 Å². The van der Waals surface area contributed by atoms with E-state index in [0.717, 1.165) is 0 Å². The number of hydrogen-bond acceptors (Lipinski definition) is 6. The van der Waals surface area contributed by atoms with Crippen LogP contribution in [0.2, 0.25) is 5.02 Å². The second-order valence-corrected chi connectivity index (χ2v) is 9.94. The number of aliphatic hydroxyl groups excluding tert-OH is 1. The Morgan fingerprint density at radius 1 is 1.33 bits per heavy atom. The lowest BCUT2D eigenvalue weighted by Crippen LogP contribution is -2.59. The van der Waals surface area contributed by atoms with E-state index in [1.807, 2.05) is 6.92 Å². The minimum absolute atomic E-state index is 0.170. The van der Waals surface area contributed by atoms with Crippen LogP contribution in [0.25, 0.3) is 0 Å². The van der Waals surface area contributed by atoms with E-state index in [0.29, 0.717) is 36.4 Å². The number of halogens is 1. The SMILES string of the molecule is C=CCCOC(=O)[C@@H]1[C@H]2C(=O)N([C@@H](CC)CO)C(C(=O)N(CC=C)c3ccc(Cl)cc3)C23CC[C@H]1O3. The monoisotopic (exact) mass is 516 g/mol. The third-order valence-electron chi connectivity index (χ3n) is 7.60. The van der Waals surface area contributed by atoms with Crippen molar-refractivity contribution in [3.05, 3.63) is 54.6 Å². The number of aliphatic hydroxyl groups is 1. The van der Waals surface area contributed by atoms with Crippen molar-refractivity contribution in [3.63, 3.8) is 0 Å². The molecule has 2 unspecified atom stereocenters. The highest BCUT2D eigenvalue weighted by Gasteiger charge is 2.75. The van der Waals surface area contributed by atoms with Crippen LogP contribution in [-0.4, -0.2) is 71.3 Å². The lowest BCUT2D eigenvalue weighted by molar-refractivity contribution is -0.155. The predicted molar refractivity (Wildman–Crippen MR) is 135 cm³/mol. The molecule has 0 radical (unpaired) electrons. The van der Waals surface area contributed by atoms with E-state index in [2.05, 4.69) is 13.2 Å². The first-order valence-corrected chi connectivity index (χ1v) is 12.8. The van der Waals surface area contributed by atoms with Crippen molar-refractivity contribution in [2.45, 2.75) is 56.4 Å². The standard InChI is InChI=1S/C27H33ClN2O6/c1-4-7-15-35-26(34)21-20-12-13-27(36-20)22(21)24(32)30(18(6-3)16-31)23(27)25(33)29(14-5-2)19-10-8-17(28)9-11-19/h4-5,8-11,18,20-23,31H,1-2,6-7,12-16H2,3H3/t18-,20+,21-,22-,23?,27?/m0/s1. The van der Waals surface area contributed by atoms with Crippen molar-refractivity contribution in [2.75, 3.05) is 24.7 Å². The summed E-state index contributed by atoms with van der Waals surface area (Å²) < 4.78 is 11.9. The second-order valence-electron chi connectivity index (χ2n) is 9.50. The molecular weight excluding hydrogens is 484 g/mol. The molecule has 8 nitrogen and oxygen atoms in total. The van der Waals surface area contributed by atoms with Gasteiger partial charge in [-0.1, -0.05) is 30.7 Å². The molecule has 3 aliphatic rings. The zero-order valence-electron chi connectivity index (χ0n) is 20.5. The number of carbonyl (C=O) groups is 3. The van der Waals surface area contributed by atoms with Gasteiger partial charge in [0.05, 0.1) is 37.2 Å². The summed E-state index contributed by atoms with van der Waals surface area (Å²) >= 11 is 6.06. The zero-order chi connectivity index (χ0) is 26.0. The Bertz CT molecular complexity index is 1030. The summed E-state index contributed by atoms with van der Waals surface area (Å²) in [6, 6.07) is 5.25. The Labute approximate surface area is 216 Å². The molecule has 3 saturated heterocycles. The number of likely N-dealkylation sites (tertiary alicyclic amines) is 1. The molecule has 0 saturated carbocycles. The fourth-order valence-electron chi connectivity index (χ4n) is 6.00. The average molecular weight is 517 g/mol. The summed E-state index contributed by atoms with van der Waals surface area (Å²) in [6.45, 7) is 9.35. The Kier molecular flexibility index (Phi) is 7.87. The number of benzene rings is 1. The number of esters is 1. The van der Waals surface area contributed by atoms with Gasteiger partial charge in [-0.2, -0.15) is 0 Å². The lowest BCUT2D eigenvalue weighted by Gasteiger charge is -2.39. The van der Waals surface area contributed by atoms with Gasteiger partial charge >= 0.3 is 5.97 Å². The summed E-state index contributed by atoms with van der Waals surface area (Å²) in [4.78, 5) is 44.3. The number of amides is 2. The lowest BCUT2D eigenvalue weighted by atomic mass is 9.70. The molecule has 1 aromatic rings. The maximum absolute atomic E-state index is 14.3. The van der Waals surface area contributed by atoms with Crippen molar-refractivity contribution in [1.82, 2.24) is 4.90 Å². The number of hydrogen-bond donors (Lipinski definition) is 1. The summed E-state index contributed by atoms with van der Waals surface area (Å²) in [7, 11) is 0. The number of rotatable bonds is 11. The quantitative estimate of drug-likeness (QED) is 0.276. The van der Waals surface area contributed by atoms with Crippen LogP contribution in [0.1, 0.15) is 32.6 Å². The van der Waals surface area contributed by atoms with Crippen LogP contribution in [0.15, 0.2) is 49.6 Å². The van der Waals surface area contributed by atoms with Crippen LogP contribution in [0.4, 0.5) is 5.69 Å². The minimum Gasteiger partial charge on any atom is -0.465 e. The van der Waals surface area contributed by atoms with Gasteiger partial charge in [0.2, 0.25) is 5.91 Å². The van der Waals surface area contributed by atoms with E-state index in [4.69, 9.17) is 21.1 Å². The van der Waals surface area contributed by atoms with Gasteiger partial charge < -0.3 is 24.4 Å². The molecular formula is C27H33ClN2O6. The first kappa shape index (κ1) is 26.4. The second kappa shape index (κ2) is 10.7. The number of anilines is 1. The summed E-state index contributed by atoms with van der Waals surface area (Å²) in [5.74, 6) is -2.83. The molecule has 2 amide bonds. The van der Waals surface area contributed by atoms with Crippen LogP contribution in [0.3, 0.4) is 0 Å². The third-order valence-corrected chi connectivity index (χ3v) is 7.85. The summed E-state index contributed by atoms with van der Waals surface area (Å²) in [5, 5.41) is 10.7. The first-order chi connectivity index (χ1) is 17.3. The Morgan fingerprint density at radius 3 is 2.67 bits per heavy atom. The molecule has 194 valence electrons. The molecule has 1 aromatic carbocycles. The number of ether oxygens (including phenoxy) is 2. The van der Waals surface area contributed by atoms with E-state index in [1.165, 1.54) is 4.90 Å². The van der Waals surface area contributed by atoms with Crippen molar-refractivity contribution in [3.8, 4) is 0 Å². The molecule has 9 heteroatoms. The van der Waals surface area contributed by atoms with Crippen LogP contribution < -0.4 is 4.90 Å². The molecule has 1 N–H and O–H groups in total. The van der Waals surface area contributed by atoms with Crippen molar-refractivity contribution in [1.29, 1.82) is 0 Å². The first-order valence-electron chi connectivity index (χ1n) is 12.4. The van der Waals surface area contributed by atoms with Gasteiger partial charge in [-0.25, -0.2) is 0 Å². The van der Waals surface area contributed by atoms with Gasteiger partial charge in [0, 0.05) is 17.3 Å². The Hall–Kier alpha value is -2.68. The smallest absolute Gasteiger partial charge is 0.312 e. The van der Waals surface area contributed by atoms with E-state index >= 15 is 0 Å². The highest BCUT2D eigenvalue weighted by Crippen LogP contribution is 2.59. The van der Waals surface area contributed by atoms with Crippen LogP contribution in [0, 0.1) is 11.8 Å². The van der Waals surface area contributed by atoms with E-state index < -0.39 is 41.6 Å². The minimum atomic E-state index is -1.17. The normalized spacial score (nSPS) is 29.1. The third kappa shape index (κ3) is 4.25. The molecule has 6 atom stereocenters. The number of nitrogens with zero attached hydrogens (tertiary/aromatic N) is 2. The van der Waals surface area contributed by atoms with Crippen molar-refractivity contribution in [2.24, 2.45) is 11.8 Å². The maximum atomic E-state index is 14.3. The van der Waals surface area contributed by atoms with Gasteiger partial charge in [0.15, 0.2) is 0 Å². The van der Waals surface area contributed by atoms with E-state index in [9.17, 15) is 19.5 Å². The van der Waals surface area contributed by atoms with Crippen LogP contribution in [-0.2, 0) is 23.9 Å². The van der Waals surface area contributed by atoms with Gasteiger partial charge in [-0.15, -0.1) is 13.2 Å². The van der Waals surface area contributed by atoms with E-state index in [-0.39, 0.29) is 31.6 Å². The Balaban J connectivity index is 1.76. The number of fused-ring (bicyclic) bond motifs is 1. The largest absolute Gasteiger partial charge is 0.465 e.